The van der Waals surface area contributed by atoms with E-state index in [0.717, 1.165) is 16.9 Å². The fourth-order valence-corrected chi connectivity index (χ4v) is 6.86. The van der Waals surface area contributed by atoms with Crippen LogP contribution >= 0.6 is 0 Å². The molecule has 2 aliphatic rings. The van der Waals surface area contributed by atoms with Gasteiger partial charge in [-0.3, -0.25) is 9.59 Å². The van der Waals surface area contributed by atoms with Crippen LogP contribution in [0.15, 0.2) is 77.7 Å². The molecule has 4 aromatic rings. The molecule has 40 heavy (non-hydrogen) atoms. The summed E-state index contributed by atoms with van der Waals surface area (Å²) < 4.78 is 41.3. The summed E-state index contributed by atoms with van der Waals surface area (Å²) in [5.41, 5.74) is 2.87. The van der Waals surface area contributed by atoms with E-state index < -0.39 is 21.8 Å². The summed E-state index contributed by atoms with van der Waals surface area (Å²) in [5.74, 6) is -0.462. The number of benzene rings is 3. The number of carbonyl (C=O) groups is 2. The average Bonchev–Trinajstić information content (AvgIpc) is 3.58. The minimum absolute atomic E-state index is 0.0413. The van der Waals surface area contributed by atoms with Gasteiger partial charge in [-0.2, -0.15) is 4.31 Å². The number of para-hydroxylation sites is 2. The third kappa shape index (κ3) is 5.09. The number of piperidine rings is 1. The second kappa shape index (κ2) is 10.5. The van der Waals surface area contributed by atoms with Crippen LogP contribution in [0.3, 0.4) is 0 Å². The van der Waals surface area contributed by atoms with Crippen molar-refractivity contribution in [3.63, 3.8) is 0 Å². The SMILES string of the molecule is O=C(Nc1ccc(S(=O)(=O)N2CCC(c3nc4ccccc4[nH]3)CC2)cc1)C1CC(=O)N(c2ccc(F)cc2)C1. The van der Waals surface area contributed by atoms with Gasteiger partial charge in [0.1, 0.15) is 11.6 Å². The first-order valence-corrected chi connectivity index (χ1v) is 14.6. The van der Waals surface area contributed by atoms with Gasteiger partial charge in [0.2, 0.25) is 21.8 Å². The number of amides is 2. The number of imidazole rings is 1. The smallest absolute Gasteiger partial charge is 0.243 e. The second-order valence-electron chi connectivity index (χ2n) is 10.2. The molecule has 1 aromatic heterocycles. The Bertz CT molecular complexity index is 1630. The van der Waals surface area contributed by atoms with Gasteiger partial charge in [-0.25, -0.2) is 17.8 Å². The van der Waals surface area contributed by atoms with Crippen LogP contribution in [0.2, 0.25) is 0 Å². The van der Waals surface area contributed by atoms with E-state index in [-0.39, 0.29) is 35.6 Å². The van der Waals surface area contributed by atoms with Gasteiger partial charge >= 0.3 is 0 Å². The van der Waals surface area contributed by atoms with E-state index in [0.29, 0.717) is 37.3 Å². The standard InChI is InChI=1S/C29H28FN5O4S/c30-21-5-9-23(10-6-21)35-18-20(17-27(35)36)29(37)31-22-7-11-24(12-8-22)40(38,39)34-15-13-19(14-16-34)28-32-25-3-1-2-4-26(25)33-28/h1-12,19-20H,13-18H2,(H,31,37)(H,32,33). The number of sulfonamides is 1. The van der Waals surface area contributed by atoms with Crippen molar-refractivity contribution in [1.82, 2.24) is 14.3 Å². The molecule has 2 fully saturated rings. The zero-order valence-corrected chi connectivity index (χ0v) is 22.4. The molecule has 2 amide bonds. The molecule has 0 spiro atoms. The van der Waals surface area contributed by atoms with Crippen molar-refractivity contribution >= 4 is 44.2 Å². The lowest BCUT2D eigenvalue weighted by Gasteiger charge is -2.30. The zero-order chi connectivity index (χ0) is 27.9. The van der Waals surface area contributed by atoms with Crippen LogP contribution in [0.1, 0.15) is 31.0 Å². The van der Waals surface area contributed by atoms with Crippen molar-refractivity contribution in [3.8, 4) is 0 Å². The lowest BCUT2D eigenvalue weighted by atomic mass is 9.97. The highest BCUT2D eigenvalue weighted by Crippen LogP contribution is 2.31. The summed E-state index contributed by atoms with van der Waals surface area (Å²) in [6.07, 6.45) is 1.38. The summed E-state index contributed by atoms with van der Waals surface area (Å²) >= 11 is 0. The molecule has 0 bridgehead atoms. The number of carbonyl (C=O) groups excluding carboxylic acids is 2. The molecule has 2 aliphatic heterocycles. The predicted octanol–water partition coefficient (Wildman–Crippen LogP) is 4.26. The van der Waals surface area contributed by atoms with E-state index in [1.54, 1.807) is 12.1 Å². The summed E-state index contributed by atoms with van der Waals surface area (Å²) in [4.78, 5) is 35.0. The molecule has 6 rings (SSSR count). The van der Waals surface area contributed by atoms with Gasteiger partial charge in [0, 0.05) is 43.3 Å². The molecule has 2 N–H and O–H groups in total. The minimum Gasteiger partial charge on any atom is -0.342 e. The highest BCUT2D eigenvalue weighted by Gasteiger charge is 2.35. The van der Waals surface area contributed by atoms with Gasteiger partial charge in [-0.05, 0) is 73.5 Å². The van der Waals surface area contributed by atoms with Crippen molar-refractivity contribution in [2.75, 3.05) is 29.9 Å². The highest BCUT2D eigenvalue weighted by atomic mass is 32.2. The van der Waals surface area contributed by atoms with Crippen LogP contribution in [-0.2, 0) is 19.6 Å². The molecule has 11 heteroatoms. The van der Waals surface area contributed by atoms with Gasteiger partial charge in [0.15, 0.2) is 0 Å². The average molecular weight is 562 g/mol. The van der Waals surface area contributed by atoms with E-state index in [1.807, 2.05) is 24.3 Å². The Kier molecular flexibility index (Phi) is 6.85. The van der Waals surface area contributed by atoms with Gasteiger partial charge < -0.3 is 15.2 Å². The number of rotatable bonds is 6. The molecule has 0 aliphatic carbocycles. The van der Waals surface area contributed by atoms with Crippen molar-refractivity contribution in [3.05, 3.63) is 84.4 Å². The monoisotopic (exact) mass is 561 g/mol. The number of anilines is 2. The number of nitrogens with one attached hydrogen (secondary N) is 2. The van der Waals surface area contributed by atoms with Gasteiger partial charge in [-0.1, -0.05) is 12.1 Å². The van der Waals surface area contributed by atoms with Gasteiger partial charge in [0.25, 0.3) is 0 Å². The fourth-order valence-electron chi connectivity index (χ4n) is 5.39. The minimum atomic E-state index is -3.69. The number of aromatic nitrogens is 2. The first-order valence-electron chi connectivity index (χ1n) is 13.2. The molecule has 3 aromatic carbocycles. The molecule has 206 valence electrons. The number of nitrogens with zero attached hydrogens (tertiary/aromatic N) is 3. The molecular weight excluding hydrogens is 533 g/mol. The lowest BCUT2D eigenvalue weighted by Crippen LogP contribution is -2.38. The van der Waals surface area contributed by atoms with Crippen molar-refractivity contribution < 1.29 is 22.4 Å². The number of H-pyrrole nitrogens is 1. The maximum Gasteiger partial charge on any atom is 0.243 e. The number of halogens is 1. The van der Waals surface area contributed by atoms with Crippen molar-refractivity contribution in [1.29, 1.82) is 0 Å². The van der Waals surface area contributed by atoms with Crippen LogP contribution in [0, 0.1) is 11.7 Å². The molecule has 3 heterocycles. The Morgan fingerprint density at radius 2 is 1.68 bits per heavy atom. The normalized spacial score (nSPS) is 18.9. The molecule has 1 atom stereocenters. The molecule has 0 saturated carbocycles. The third-order valence-corrected chi connectivity index (χ3v) is 9.55. The lowest BCUT2D eigenvalue weighted by molar-refractivity contribution is -0.122. The van der Waals surface area contributed by atoms with Crippen LogP contribution in [-0.4, -0.2) is 54.1 Å². The Hall–Kier alpha value is -4.09. The molecule has 1 unspecified atom stereocenters. The Morgan fingerprint density at radius 3 is 2.38 bits per heavy atom. The van der Waals surface area contributed by atoms with Gasteiger partial charge in [-0.15, -0.1) is 0 Å². The summed E-state index contributed by atoms with van der Waals surface area (Å²) in [7, 11) is -3.69. The van der Waals surface area contributed by atoms with E-state index in [9.17, 15) is 22.4 Å². The Balaban J connectivity index is 1.06. The maximum absolute atomic E-state index is 13.3. The zero-order valence-electron chi connectivity index (χ0n) is 21.6. The maximum atomic E-state index is 13.3. The van der Waals surface area contributed by atoms with E-state index >= 15 is 0 Å². The van der Waals surface area contributed by atoms with E-state index in [2.05, 4.69) is 15.3 Å². The fraction of sp³-hybridized carbons (Fsp3) is 0.276. The number of hydrogen-bond donors (Lipinski definition) is 2. The number of hydrogen-bond acceptors (Lipinski definition) is 5. The highest BCUT2D eigenvalue weighted by molar-refractivity contribution is 7.89. The summed E-state index contributed by atoms with van der Waals surface area (Å²) in [6, 6.07) is 19.5. The summed E-state index contributed by atoms with van der Waals surface area (Å²) in [6.45, 7) is 0.971. The quantitative estimate of drug-likeness (QED) is 0.365. The van der Waals surface area contributed by atoms with E-state index in [4.69, 9.17) is 0 Å². The van der Waals surface area contributed by atoms with Crippen molar-refractivity contribution in [2.24, 2.45) is 5.92 Å². The number of aromatic amines is 1. The van der Waals surface area contributed by atoms with Crippen LogP contribution < -0.4 is 10.2 Å². The second-order valence-corrected chi connectivity index (χ2v) is 12.2. The Morgan fingerprint density at radius 1 is 0.975 bits per heavy atom. The van der Waals surface area contributed by atoms with Crippen molar-refractivity contribution in [2.45, 2.75) is 30.1 Å². The van der Waals surface area contributed by atoms with Crippen LogP contribution in [0.25, 0.3) is 11.0 Å². The number of fused-ring (bicyclic) bond motifs is 1. The summed E-state index contributed by atoms with van der Waals surface area (Å²) in [5, 5.41) is 2.78. The predicted molar refractivity (Wildman–Crippen MR) is 149 cm³/mol. The molecule has 0 radical (unpaired) electrons. The van der Waals surface area contributed by atoms with Crippen LogP contribution in [0.5, 0.6) is 0 Å². The molecule has 9 nitrogen and oxygen atoms in total. The first kappa shape index (κ1) is 26.1. The first-order chi connectivity index (χ1) is 19.3. The molecular formula is C29H28FN5O4S. The Labute approximate surface area is 231 Å². The van der Waals surface area contributed by atoms with E-state index in [1.165, 1.54) is 45.6 Å². The topological polar surface area (TPSA) is 115 Å². The largest absolute Gasteiger partial charge is 0.342 e. The third-order valence-electron chi connectivity index (χ3n) is 7.64. The molecule has 2 saturated heterocycles. The van der Waals surface area contributed by atoms with Gasteiger partial charge in [0.05, 0.1) is 21.8 Å². The van der Waals surface area contributed by atoms with Crippen LogP contribution in [0.4, 0.5) is 15.8 Å².